The summed E-state index contributed by atoms with van der Waals surface area (Å²) in [5, 5.41) is 2.87. The van der Waals surface area contributed by atoms with Crippen molar-refractivity contribution in [3.05, 3.63) is 53.1 Å². The first-order valence-corrected chi connectivity index (χ1v) is 11.6. The van der Waals surface area contributed by atoms with E-state index >= 15 is 0 Å². The lowest BCUT2D eigenvalue weighted by molar-refractivity contribution is -0.127. The van der Waals surface area contributed by atoms with Gasteiger partial charge < -0.3 is 19.5 Å². The number of rotatable bonds is 8. The van der Waals surface area contributed by atoms with Gasteiger partial charge in [0.05, 0.1) is 11.8 Å². The van der Waals surface area contributed by atoms with Crippen molar-refractivity contribution in [2.24, 2.45) is 0 Å². The van der Waals surface area contributed by atoms with Gasteiger partial charge in [0.2, 0.25) is 5.91 Å². The Morgan fingerprint density at radius 2 is 1.97 bits per heavy atom. The summed E-state index contributed by atoms with van der Waals surface area (Å²) in [6.07, 6.45) is 1.89. The van der Waals surface area contributed by atoms with E-state index in [1.54, 1.807) is 25.1 Å². The molecule has 34 heavy (non-hydrogen) atoms. The van der Waals surface area contributed by atoms with Crippen molar-refractivity contribution in [2.75, 3.05) is 31.3 Å². The van der Waals surface area contributed by atoms with Crippen molar-refractivity contribution in [3.63, 3.8) is 0 Å². The van der Waals surface area contributed by atoms with E-state index in [0.717, 1.165) is 24.0 Å². The number of amides is 2. The molecule has 1 saturated heterocycles. The molecule has 0 radical (unpaired) electrons. The summed E-state index contributed by atoms with van der Waals surface area (Å²) in [6, 6.07) is 9.91. The molecular weight excluding hydrogens is 436 g/mol. The third kappa shape index (κ3) is 5.07. The second-order valence-corrected chi connectivity index (χ2v) is 8.72. The predicted octanol–water partition coefficient (Wildman–Crippen LogP) is 2.97. The quantitative estimate of drug-likeness (QED) is 0.601. The Hall–Kier alpha value is -3.39. The maximum Gasteiger partial charge on any atom is 0.265 e. The molecule has 0 aromatic heterocycles. The Kier molecular flexibility index (Phi) is 7.17. The minimum atomic E-state index is -0.771. The minimum absolute atomic E-state index is 0.00457. The topological polar surface area (TPSA) is 94.2 Å². The molecule has 4 rings (SSSR count). The lowest BCUT2D eigenvalue weighted by Gasteiger charge is -2.33. The highest BCUT2D eigenvalue weighted by Gasteiger charge is 2.34. The fourth-order valence-corrected chi connectivity index (χ4v) is 4.30. The van der Waals surface area contributed by atoms with Crippen molar-refractivity contribution in [2.45, 2.75) is 45.8 Å². The van der Waals surface area contributed by atoms with Gasteiger partial charge in [-0.2, -0.15) is 0 Å². The first-order valence-electron chi connectivity index (χ1n) is 11.6. The molecule has 2 amide bonds. The Balaban J connectivity index is 1.49. The molecule has 0 spiro atoms. The van der Waals surface area contributed by atoms with Gasteiger partial charge in [-0.25, -0.2) is 0 Å². The van der Waals surface area contributed by atoms with Crippen molar-refractivity contribution >= 4 is 23.3 Å². The van der Waals surface area contributed by atoms with E-state index in [2.05, 4.69) is 5.32 Å². The molecule has 8 nitrogen and oxygen atoms in total. The van der Waals surface area contributed by atoms with E-state index in [-0.39, 0.29) is 36.9 Å². The third-order valence-corrected chi connectivity index (χ3v) is 6.21. The molecule has 2 atom stereocenters. The summed E-state index contributed by atoms with van der Waals surface area (Å²) in [4.78, 5) is 39.8. The normalized spacial score (nSPS) is 18.1. The van der Waals surface area contributed by atoms with Crippen LogP contribution in [0.2, 0.25) is 0 Å². The molecule has 1 fully saturated rings. The lowest BCUT2D eigenvalue weighted by atomic mass is 10.1. The van der Waals surface area contributed by atoms with Crippen molar-refractivity contribution in [1.82, 2.24) is 5.32 Å². The number of fused-ring (bicyclic) bond motifs is 1. The maximum atomic E-state index is 12.9. The van der Waals surface area contributed by atoms with Gasteiger partial charge in [-0.15, -0.1) is 0 Å². The highest BCUT2D eigenvalue weighted by Crippen LogP contribution is 2.34. The maximum absolute atomic E-state index is 12.9. The van der Waals surface area contributed by atoms with Crippen LogP contribution >= 0.6 is 0 Å². The number of Topliss-reactive ketones (excluding diaryl/α,β-unsaturated/α-hetero) is 1. The number of aryl methyl sites for hydroxylation is 2. The van der Waals surface area contributed by atoms with Gasteiger partial charge in [0.1, 0.15) is 17.5 Å². The molecule has 0 aliphatic carbocycles. The Labute approximate surface area is 199 Å². The average molecular weight is 467 g/mol. The zero-order valence-electron chi connectivity index (χ0n) is 19.8. The SMILES string of the molecule is Cc1cccc(C)c1OCC(=O)c1ccc2c(c1)N([C@@H](C)C(=O)NC[C@@H]1CCCO1)C(=O)CO2. The van der Waals surface area contributed by atoms with Gasteiger partial charge in [0.25, 0.3) is 5.91 Å². The Bertz CT molecular complexity index is 1070. The second kappa shape index (κ2) is 10.3. The van der Waals surface area contributed by atoms with E-state index in [4.69, 9.17) is 14.2 Å². The number of ketones is 1. The lowest BCUT2D eigenvalue weighted by Crippen LogP contribution is -2.52. The van der Waals surface area contributed by atoms with Gasteiger partial charge in [0, 0.05) is 18.7 Å². The van der Waals surface area contributed by atoms with Crippen LogP contribution in [0.5, 0.6) is 11.5 Å². The highest BCUT2D eigenvalue weighted by atomic mass is 16.5. The number of ether oxygens (including phenoxy) is 3. The van der Waals surface area contributed by atoms with Crippen molar-refractivity contribution in [3.8, 4) is 11.5 Å². The second-order valence-electron chi connectivity index (χ2n) is 8.72. The van der Waals surface area contributed by atoms with Crippen LogP contribution in [0.3, 0.4) is 0 Å². The summed E-state index contributed by atoms with van der Waals surface area (Å²) in [6.45, 7) is 6.32. The number of hydrogen-bond acceptors (Lipinski definition) is 6. The molecule has 2 aliphatic rings. The van der Waals surface area contributed by atoms with Gasteiger partial charge in [0.15, 0.2) is 19.0 Å². The number of nitrogens with zero attached hydrogens (tertiary/aromatic N) is 1. The van der Waals surface area contributed by atoms with E-state index in [9.17, 15) is 14.4 Å². The largest absolute Gasteiger partial charge is 0.485 e. The molecule has 0 unspecified atom stereocenters. The fraction of sp³-hybridized carbons (Fsp3) is 0.423. The monoisotopic (exact) mass is 466 g/mol. The molecule has 0 bridgehead atoms. The first kappa shape index (κ1) is 23.8. The van der Waals surface area contributed by atoms with Crippen LogP contribution in [-0.4, -0.2) is 56.1 Å². The average Bonchev–Trinajstić information content (AvgIpc) is 3.35. The molecule has 180 valence electrons. The van der Waals surface area contributed by atoms with Crippen LogP contribution in [0.4, 0.5) is 5.69 Å². The fourth-order valence-electron chi connectivity index (χ4n) is 4.30. The highest BCUT2D eigenvalue weighted by molar-refractivity contribution is 6.05. The number of carbonyl (C=O) groups excluding carboxylic acids is 3. The molecule has 2 aromatic carbocycles. The smallest absolute Gasteiger partial charge is 0.265 e. The Morgan fingerprint density at radius 3 is 2.68 bits per heavy atom. The summed E-state index contributed by atoms with van der Waals surface area (Å²) in [7, 11) is 0. The standard InChI is InChI=1S/C26H30N2O6/c1-16-6-4-7-17(2)25(16)34-14-22(29)19-9-10-23-21(12-19)28(24(30)15-33-23)18(3)26(31)27-13-20-8-5-11-32-20/h4,6-7,9-10,12,18,20H,5,8,11,13-15H2,1-3H3,(H,27,31)/t18-,20-/m0/s1. The van der Waals surface area contributed by atoms with Crippen LogP contribution < -0.4 is 19.7 Å². The molecule has 2 heterocycles. The molecule has 8 heteroatoms. The predicted molar refractivity (Wildman–Crippen MR) is 127 cm³/mol. The van der Waals surface area contributed by atoms with Gasteiger partial charge >= 0.3 is 0 Å². The molecule has 0 saturated carbocycles. The van der Waals surface area contributed by atoms with Crippen molar-refractivity contribution in [1.29, 1.82) is 0 Å². The van der Waals surface area contributed by atoms with Gasteiger partial charge in [-0.05, 0) is 62.9 Å². The summed E-state index contributed by atoms with van der Waals surface area (Å²) in [5.74, 6) is 0.269. The minimum Gasteiger partial charge on any atom is -0.485 e. The summed E-state index contributed by atoms with van der Waals surface area (Å²) >= 11 is 0. The summed E-state index contributed by atoms with van der Waals surface area (Å²) in [5.41, 5.74) is 2.67. The van der Waals surface area contributed by atoms with Crippen LogP contribution in [0, 0.1) is 13.8 Å². The van der Waals surface area contributed by atoms with E-state index in [0.29, 0.717) is 35.9 Å². The number of benzene rings is 2. The third-order valence-electron chi connectivity index (χ3n) is 6.21. The number of carbonyl (C=O) groups is 3. The Morgan fingerprint density at radius 1 is 1.21 bits per heavy atom. The molecular formula is C26H30N2O6. The van der Waals surface area contributed by atoms with Crippen LogP contribution in [-0.2, 0) is 14.3 Å². The number of anilines is 1. The zero-order valence-corrected chi connectivity index (χ0v) is 19.8. The van der Waals surface area contributed by atoms with E-state index in [1.165, 1.54) is 4.90 Å². The molecule has 2 aromatic rings. The number of nitrogens with one attached hydrogen (secondary N) is 1. The van der Waals surface area contributed by atoms with E-state index < -0.39 is 6.04 Å². The van der Waals surface area contributed by atoms with Crippen molar-refractivity contribution < 1.29 is 28.6 Å². The molecule has 2 aliphatic heterocycles. The summed E-state index contributed by atoms with van der Waals surface area (Å²) < 4.78 is 16.9. The number of hydrogen-bond donors (Lipinski definition) is 1. The zero-order chi connectivity index (χ0) is 24.2. The first-order chi connectivity index (χ1) is 16.3. The van der Waals surface area contributed by atoms with Crippen LogP contribution in [0.15, 0.2) is 36.4 Å². The van der Waals surface area contributed by atoms with Crippen LogP contribution in [0.25, 0.3) is 0 Å². The van der Waals surface area contributed by atoms with E-state index in [1.807, 2.05) is 32.0 Å². The van der Waals surface area contributed by atoms with Crippen LogP contribution in [0.1, 0.15) is 41.3 Å². The van der Waals surface area contributed by atoms with Gasteiger partial charge in [-0.1, -0.05) is 18.2 Å². The van der Waals surface area contributed by atoms with Gasteiger partial charge in [-0.3, -0.25) is 19.3 Å². The number of para-hydroxylation sites is 1. The molecule has 1 N–H and O–H groups in total.